The Bertz CT molecular complexity index is 597. The highest BCUT2D eigenvalue weighted by atomic mass is 16.2. The Morgan fingerprint density at radius 2 is 2.16 bits per heavy atom. The predicted octanol–water partition coefficient (Wildman–Crippen LogP) is 1.26. The summed E-state index contributed by atoms with van der Waals surface area (Å²) in [6.07, 6.45) is 3.29. The van der Waals surface area contributed by atoms with Crippen LogP contribution in [0.15, 0.2) is 12.4 Å². The fourth-order valence-corrected chi connectivity index (χ4v) is 1.87. The van der Waals surface area contributed by atoms with Crippen molar-refractivity contribution in [2.24, 2.45) is 0 Å². The molecule has 0 aliphatic rings. The molecular weight excluding hydrogens is 244 g/mol. The van der Waals surface area contributed by atoms with Gasteiger partial charge in [-0.25, -0.2) is 0 Å². The van der Waals surface area contributed by atoms with E-state index in [4.69, 9.17) is 5.73 Å². The van der Waals surface area contributed by atoms with E-state index in [1.165, 1.54) is 6.20 Å². The SMILES string of the molecule is CCn1cc(NC(=O)c2c(N)cnn2CC)c(C)n1. The maximum absolute atomic E-state index is 12.2. The smallest absolute Gasteiger partial charge is 0.276 e. The molecule has 2 rings (SSSR count). The largest absolute Gasteiger partial charge is 0.396 e. The Balaban J connectivity index is 2.25. The molecule has 0 radical (unpaired) electrons. The summed E-state index contributed by atoms with van der Waals surface area (Å²) in [5.74, 6) is -0.268. The van der Waals surface area contributed by atoms with Crippen molar-refractivity contribution in [3.8, 4) is 0 Å². The van der Waals surface area contributed by atoms with E-state index in [2.05, 4.69) is 15.5 Å². The van der Waals surface area contributed by atoms with Crippen molar-refractivity contribution < 1.29 is 4.79 Å². The summed E-state index contributed by atoms with van der Waals surface area (Å²) in [4.78, 5) is 12.2. The van der Waals surface area contributed by atoms with Crippen molar-refractivity contribution in [2.75, 3.05) is 11.1 Å². The maximum Gasteiger partial charge on any atom is 0.276 e. The second-order valence-corrected chi connectivity index (χ2v) is 4.20. The number of nitrogens with one attached hydrogen (secondary N) is 1. The van der Waals surface area contributed by atoms with E-state index in [0.29, 0.717) is 23.6 Å². The highest BCUT2D eigenvalue weighted by molar-refractivity contribution is 6.06. The van der Waals surface area contributed by atoms with Crippen molar-refractivity contribution in [3.63, 3.8) is 0 Å². The van der Waals surface area contributed by atoms with Crippen molar-refractivity contribution in [2.45, 2.75) is 33.9 Å². The van der Waals surface area contributed by atoms with Gasteiger partial charge in [0.05, 0.1) is 23.3 Å². The lowest BCUT2D eigenvalue weighted by Crippen LogP contribution is -2.19. The number of hydrogen-bond acceptors (Lipinski definition) is 4. The van der Waals surface area contributed by atoms with Crippen LogP contribution in [-0.4, -0.2) is 25.5 Å². The Kier molecular flexibility index (Phi) is 3.55. The molecular formula is C12H18N6O. The minimum Gasteiger partial charge on any atom is -0.396 e. The van der Waals surface area contributed by atoms with Gasteiger partial charge in [-0.2, -0.15) is 10.2 Å². The number of carbonyl (C=O) groups excluding carboxylic acids is 1. The Morgan fingerprint density at radius 3 is 2.74 bits per heavy atom. The quantitative estimate of drug-likeness (QED) is 0.867. The molecule has 0 saturated carbocycles. The van der Waals surface area contributed by atoms with E-state index in [0.717, 1.165) is 12.2 Å². The first-order valence-electron chi connectivity index (χ1n) is 6.23. The van der Waals surface area contributed by atoms with Crippen LogP contribution >= 0.6 is 0 Å². The molecule has 0 atom stereocenters. The van der Waals surface area contributed by atoms with Crippen LogP contribution in [0.5, 0.6) is 0 Å². The van der Waals surface area contributed by atoms with E-state index in [1.54, 1.807) is 15.6 Å². The fraction of sp³-hybridized carbons (Fsp3) is 0.417. The van der Waals surface area contributed by atoms with Crippen LogP contribution in [0.2, 0.25) is 0 Å². The van der Waals surface area contributed by atoms with E-state index < -0.39 is 0 Å². The van der Waals surface area contributed by atoms with Gasteiger partial charge in [-0.3, -0.25) is 14.2 Å². The number of rotatable bonds is 4. The number of nitrogens with two attached hydrogens (primary N) is 1. The van der Waals surface area contributed by atoms with Gasteiger partial charge in [-0.1, -0.05) is 0 Å². The first-order chi connectivity index (χ1) is 9.06. The van der Waals surface area contributed by atoms with E-state index in [-0.39, 0.29) is 5.91 Å². The van der Waals surface area contributed by atoms with Gasteiger partial charge in [-0.15, -0.1) is 0 Å². The van der Waals surface area contributed by atoms with Gasteiger partial charge in [0, 0.05) is 19.3 Å². The third-order valence-electron chi connectivity index (χ3n) is 2.90. The number of hydrogen-bond donors (Lipinski definition) is 2. The molecule has 0 fully saturated rings. The van der Waals surface area contributed by atoms with Gasteiger partial charge in [0.25, 0.3) is 5.91 Å². The molecule has 2 aromatic heterocycles. The number of aromatic nitrogens is 4. The lowest BCUT2D eigenvalue weighted by molar-refractivity contribution is 0.101. The average Bonchev–Trinajstić information content (AvgIpc) is 2.93. The Hall–Kier alpha value is -2.31. The third-order valence-corrected chi connectivity index (χ3v) is 2.90. The number of anilines is 2. The first-order valence-corrected chi connectivity index (χ1v) is 6.23. The summed E-state index contributed by atoms with van der Waals surface area (Å²) in [6.45, 7) is 7.09. The summed E-state index contributed by atoms with van der Waals surface area (Å²) in [5.41, 5.74) is 8.00. The van der Waals surface area contributed by atoms with Gasteiger partial charge in [0.2, 0.25) is 0 Å². The summed E-state index contributed by atoms with van der Waals surface area (Å²) >= 11 is 0. The minimum absolute atomic E-state index is 0.268. The molecule has 1 amide bonds. The van der Waals surface area contributed by atoms with Crippen molar-refractivity contribution >= 4 is 17.3 Å². The molecule has 0 unspecified atom stereocenters. The molecule has 7 heteroatoms. The molecule has 0 saturated heterocycles. The average molecular weight is 262 g/mol. The van der Waals surface area contributed by atoms with Crippen LogP contribution in [0.1, 0.15) is 30.0 Å². The van der Waals surface area contributed by atoms with Gasteiger partial charge in [-0.05, 0) is 20.8 Å². The molecule has 0 spiro atoms. The zero-order valence-corrected chi connectivity index (χ0v) is 11.3. The van der Waals surface area contributed by atoms with Gasteiger partial charge in [0.15, 0.2) is 0 Å². The normalized spacial score (nSPS) is 10.7. The fourth-order valence-electron chi connectivity index (χ4n) is 1.87. The lowest BCUT2D eigenvalue weighted by atomic mass is 10.3. The number of nitrogens with zero attached hydrogens (tertiary/aromatic N) is 4. The zero-order valence-electron chi connectivity index (χ0n) is 11.3. The summed E-state index contributed by atoms with van der Waals surface area (Å²) in [6, 6.07) is 0. The van der Waals surface area contributed by atoms with Crippen LogP contribution in [-0.2, 0) is 13.1 Å². The number of amides is 1. The van der Waals surface area contributed by atoms with Crippen LogP contribution in [0.25, 0.3) is 0 Å². The van der Waals surface area contributed by atoms with Crippen LogP contribution in [0, 0.1) is 6.92 Å². The molecule has 0 bridgehead atoms. The number of aryl methyl sites for hydroxylation is 3. The highest BCUT2D eigenvalue weighted by Gasteiger charge is 2.17. The zero-order chi connectivity index (χ0) is 14.0. The first kappa shape index (κ1) is 13.1. The maximum atomic E-state index is 12.2. The Labute approximate surface area is 111 Å². The molecule has 102 valence electrons. The molecule has 0 aromatic carbocycles. The van der Waals surface area contributed by atoms with Gasteiger partial charge in [0.1, 0.15) is 5.69 Å². The summed E-state index contributed by atoms with van der Waals surface area (Å²) in [5, 5.41) is 11.1. The van der Waals surface area contributed by atoms with Gasteiger partial charge < -0.3 is 11.1 Å². The minimum atomic E-state index is -0.268. The summed E-state index contributed by atoms with van der Waals surface area (Å²) in [7, 11) is 0. The van der Waals surface area contributed by atoms with Crippen molar-refractivity contribution in [3.05, 3.63) is 23.8 Å². The molecule has 2 aromatic rings. The topological polar surface area (TPSA) is 90.8 Å². The predicted molar refractivity (Wildman–Crippen MR) is 72.9 cm³/mol. The number of nitrogen functional groups attached to an aromatic ring is 1. The highest BCUT2D eigenvalue weighted by Crippen LogP contribution is 2.17. The lowest BCUT2D eigenvalue weighted by Gasteiger charge is -2.06. The van der Waals surface area contributed by atoms with E-state index in [9.17, 15) is 4.79 Å². The van der Waals surface area contributed by atoms with Gasteiger partial charge >= 0.3 is 0 Å². The monoisotopic (exact) mass is 262 g/mol. The number of carbonyl (C=O) groups is 1. The van der Waals surface area contributed by atoms with Crippen LogP contribution in [0.3, 0.4) is 0 Å². The molecule has 7 nitrogen and oxygen atoms in total. The third kappa shape index (κ3) is 2.44. The van der Waals surface area contributed by atoms with Crippen molar-refractivity contribution in [1.82, 2.24) is 19.6 Å². The standard InChI is InChI=1S/C12H18N6O/c1-4-17-7-10(8(3)16-17)15-12(19)11-9(13)6-14-18(11)5-2/h6-7H,4-5,13H2,1-3H3,(H,15,19). The van der Waals surface area contributed by atoms with Crippen LogP contribution in [0.4, 0.5) is 11.4 Å². The summed E-state index contributed by atoms with van der Waals surface area (Å²) < 4.78 is 3.34. The second kappa shape index (κ2) is 5.13. The van der Waals surface area contributed by atoms with E-state index in [1.807, 2.05) is 20.8 Å². The molecule has 3 N–H and O–H groups in total. The van der Waals surface area contributed by atoms with Crippen LogP contribution < -0.4 is 11.1 Å². The molecule has 0 aliphatic heterocycles. The van der Waals surface area contributed by atoms with E-state index >= 15 is 0 Å². The molecule has 2 heterocycles. The molecule has 19 heavy (non-hydrogen) atoms. The molecule has 0 aliphatic carbocycles. The van der Waals surface area contributed by atoms with Crippen molar-refractivity contribution in [1.29, 1.82) is 0 Å². The second-order valence-electron chi connectivity index (χ2n) is 4.20. The Morgan fingerprint density at radius 1 is 1.42 bits per heavy atom.